The van der Waals surface area contributed by atoms with Gasteiger partial charge in [0.2, 0.25) is 11.9 Å². The van der Waals surface area contributed by atoms with E-state index in [0.717, 1.165) is 0 Å². The predicted molar refractivity (Wildman–Crippen MR) is 103 cm³/mol. The number of urea groups is 1. The molecule has 0 saturated heterocycles. The number of hydrogen-bond acceptors (Lipinski definition) is 7. The summed E-state index contributed by atoms with van der Waals surface area (Å²) in [5.74, 6) is -0.990. The zero-order valence-corrected chi connectivity index (χ0v) is 16.5. The molecule has 0 aromatic heterocycles. The van der Waals surface area contributed by atoms with E-state index in [1.165, 1.54) is 40.5 Å². The number of methoxy groups -OCH3 is 3. The summed E-state index contributed by atoms with van der Waals surface area (Å²) in [6.07, 6.45) is -1.36. The van der Waals surface area contributed by atoms with Crippen molar-refractivity contribution >= 4 is 17.9 Å². The van der Waals surface area contributed by atoms with Crippen LogP contribution in [0.4, 0.5) is 4.79 Å². The van der Waals surface area contributed by atoms with Gasteiger partial charge in [-0.1, -0.05) is 30.3 Å². The highest BCUT2D eigenvalue weighted by Crippen LogP contribution is 2.40. The molecule has 0 unspecified atom stereocenters. The minimum Gasteiger partial charge on any atom is -0.493 e. The average Bonchev–Trinajstić information content (AvgIpc) is 2.76. The summed E-state index contributed by atoms with van der Waals surface area (Å²) in [6, 6.07) is 10.5. The Balaban J connectivity index is 2.40. The van der Waals surface area contributed by atoms with Crippen LogP contribution in [0.15, 0.2) is 42.5 Å². The van der Waals surface area contributed by atoms with Gasteiger partial charge < -0.3 is 24.3 Å². The van der Waals surface area contributed by atoms with E-state index >= 15 is 0 Å². The Labute approximate surface area is 167 Å². The summed E-state index contributed by atoms with van der Waals surface area (Å²) in [5.41, 5.74) is 0.417. The van der Waals surface area contributed by atoms with Gasteiger partial charge >= 0.3 is 12.0 Å². The van der Waals surface area contributed by atoms with Crippen LogP contribution in [-0.4, -0.2) is 46.3 Å². The lowest BCUT2D eigenvalue weighted by Crippen LogP contribution is -2.41. The van der Waals surface area contributed by atoms with Gasteiger partial charge in [0.25, 0.3) is 5.91 Å². The van der Waals surface area contributed by atoms with E-state index < -0.39 is 24.0 Å². The van der Waals surface area contributed by atoms with Crippen LogP contribution in [0.3, 0.4) is 0 Å². The molecule has 0 spiro atoms. The van der Waals surface area contributed by atoms with E-state index in [1.54, 1.807) is 30.3 Å². The first-order valence-corrected chi connectivity index (χ1v) is 8.54. The Morgan fingerprint density at radius 1 is 0.862 bits per heavy atom. The summed E-state index contributed by atoms with van der Waals surface area (Å²) in [7, 11) is 5.57. The maximum absolute atomic E-state index is 12.9. The number of benzene rings is 2. The van der Waals surface area contributed by atoms with Gasteiger partial charge in [-0.15, -0.1) is 0 Å². The van der Waals surface area contributed by atoms with E-state index in [9.17, 15) is 14.4 Å². The largest absolute Gasteiger partial charge is 0.493 e. The molecule has 0 aliphatic heterocycles. The van der Waals surface area contributed by atoms with Crippen molar-refractivity contribution in [2.45, 2.75) is 6.10 Å². The SMILES string of the molecule is CNC(=O)NC(=O)[C@@H](OC(=O)c1ccc(OC)c(OC)c1OC)c1ccccc1. The molecule has 2 N–H and O–H groups in total. The predicted octanol–water partition coefficient (Wildman–Crippen LogP) is 2.07. The lowest BCUT2D eigenvalue weighted by atomic mass is 10.1. The summed E-state index contributed by atoms with van der Waals surface area (Å²) in [5, 5.41) is 4.38. The summed E-state index contributed by atoms with van der Waals surface area (Å²) < 4.78 is 21.2. The van der Waals surface area contributed by atoms with Crippen LogP contribution >= 0.6 is 0 Å². The standard InChI is InChI=1S/C20H22N2O7/c1-21-20(25)22-18(23)15(12-8-6-5-7-9-12)29-19(24)13-10-11-14(26-2)17(28-4)16(13)27-3/h5-11,15H,1-4H3,(H2,21,22,23,25)/t15-/m0/s1. The third-order valence-corrected chi connectivity index (χ3v) is 3.95. The topological polar surface area (TPSA) is 112 Å². The number of esters is 1. The molecule has 2 rings (SSSR count). The van der Waals surface area contributed by atoms with Gasteiger partial charge in [-0.2, -0.15) is 0 Å². The molecule has 0 radical (unpaired) electrons. The zero-order chi connectivity index (χ0) is 21.4. The average molecular weight is 402 g/mol. The van der Waals surface area contributed by atoms with E-state index in [4.69, 9.17) is 18.9 Å². The van der Waals surface area contributed by atoms with Crippen LogP contribution in [0, 0.1) is 0 Å². The molecular weight excluding hydrogens is 380 g/mol. The number of carbonyl (C=O) groups is 3. The molecule has 9 heteroatoms. The second kappa shape index (κ2) is 9.98. The monoisotopic (exact) mass is 402 g/mol. The van der Waals surface area contributed by atoms with Crippen molar-refractivity contribution in [1.82, 2.24) is 10.6 Å². The van der Waals surface area contributed by atoms with Crippen molar-refractivity contribution in [2.24, 2.45) is 0 Å². The van der Waals surface area contributed by atoms with Crippen molar-refractivity contribution < 1.29 is 33.3 Å². The van der Waals surface area contributed by atoms with E-state index in [-0.39, 0.29) is 17.1 Å². The Hall–Kier alpha value is -3.75. The fourth-order valence-corrected chi connectivity index (χ4v) is 2.57. The van der Waals surface area contributed by atoms with Crippen LogP contribution in [-0.2, 0) is 9.53 Å². The molecule has 0 saturated carbocycles. The first kappa shape index (κ1) is 21.5. The molecule has 0 bridgehead atoms. The van der Waals surface area contributed by atoms with Crippen LogP contribution < -0.4 is 24.8 Å². The van der Waals surface area contributed by atoms with Crippen molar-refractivity contribution in [3.05, 3.63) is 53.6 Å². The number of nitrogens with one attached hydrogen (secondary N) is 2. The van der Waals surface area contributed by atoms with Gasteiger partial charge in [0.15, 0.2) is 11.5 Å². The fourth-order valence-electron chi connectivity index (χ4n) is 2.57. The van der Waals surface area contributed by atoms with Crippen LogP contribution in [0.25, 0.3) is 0 Å². The first-order valence-electron chi connectivity index (χ1n) is 8.54. The summed E-state index contributed by atoms with van der Waals surface area (Å²) in [6.45, 7) is 0. The first-order chi connectivity index (χ1) is 14.0. The Bertz CT molecular complexity index is 884. The lowest BCUT2D eigenvalue weighted by molar-refractivity contribution is -0.129. The van der Waals surface area contributed by atoms with Crippen molar-refractivity contribution in [1.29, 1.82) is 0 Å². The van der Waals surface area contributed by atoms with Crippen molar-refractivity contribution in [3.8, 4) is 17.2 Å². The lowest BCUT2D eigenvalue weighted by Gasteiger charge is -2.19. The molecule has 0 heterocycles. The smallest absolute Gasteiger partial charge is 0.343 e. The number of amides is 3. The number of hydrogen-bond donors (Lipinski definition) is 2. The van der Waals surface area contributed by atoms with E-state index in [2.05, 4.69) is 10.6 Å². The van der Waals surface area contributed by atoms with Crippen molar-refractivity contribution in [2.75, 3.05) is 28.4 Å². The Morgan fingerprint density at radius 3 is 2.07 bits per heavy atom. The fraction of sp³-hybridized carbons (Fsp3) is 0.250. The van der Waals surface area contributed by atoms with Gasteiger partial charge in [0, 0.05) is 12.6 Å². The molecule has 2 aromatic carbocycles. The van der Waals surface area contributed by atoms with Crippen molar-refractivity contribution in [3.63, 3.8) is 0 Å². The van der Waals surface area contributed by atoms with Crippen LogP contribution in [0.2, 0.25) is 0 Å². The molecular formula is C20H22N2O7. The molecule has 154 valence electrons. The number of ether oxygens (including phenoxy) is 4. The molecule has 9 nitrogen and oxygen atoms in total. The molecule has 0 fully saturated rings. The Morgan fingerprint density at radius 2 is 1.52 bits per heavy atom. The normalized spacial score (nSPS) is 11.0. The van der Waals surface area contributed by atoms with Gasteiger partial charge in [-0.05, 0) is 12.1 Å². The highest BCUT2D eigenvalue weighted by Gasteiger charge is 2.29. The summed E-state index contributed by atoms with van der Waals surface area (Å²) >= 11 is 0. The maximum atomic E-state index is 12.9. The maximum Gasteiger partial charge on any atom is 0.343 e. The number of rotatable bonds is 7. The quantitative estimate of drug-likeness (QED) is 0.682. The minimum atomic E-state index is -1.36. The Kier molecular flexibility index (Phi) is 7.41. The highest BCUT2D eigenvalue weighted by atomic mass is 16.6. The third-order valence-electron chi connectivity index (χ3n) is 3.95. The van der Waals surface area contributed by atoms with Gasteiger partial charge in [-0.25, -0.2) is 9.59 Å². The van der Waals surface area contributed by atoms with Gasteiger partial charge in [0.1, 0.15) is 5.56 Å². The summed E-state index contributed by atoms with van der Waals surface area (Å²) in [4.78, 5) is 36.9. The molecule has 0 aliphatic carbocycles. The van der Waals surface area contributed by atoms with Crippen LogP contribution in [0.5, 0.6) is 17.2 Å². The second-order valence-electron chi connectivity index (χ2n) is 5.65. The molecule has 0 aliphatic rings. The molecule has 1 atom stereocenters. The van der Waals surface area contributed by atoms with E-state index in [1.807, 2.05) is 0 Å². The highest BCUT2D eigenvalue weighted by molar-refractivity contribution is 6.00. The second-order valence-corrected chi connectivity index (χ2v) is 5.65. The molecule has 29 heavy (non-hydrogen) atoms. The van der Waals surface area contributed by atoms with Gasteiger partial charge in [-0.3, -0.25) is 10.1 Å². The van der Waals surface area contributed by atoms with E-state index in [0.29, 0.717) is 11.3 Å². The number of imide groups is 1. The molecule has 3 amide bonds. The van der Waals surface area contributed by atoms with Gasteiger partial charge in [0.05, 0.1) is 21.3 Å². The zero-order valence-electron chi connectivity index (χ0n) is 16.5. The molecule has 2 aromatic rings. The third kappa shape index (κ3) is 4.95. The minimum absolute atomic E-state index is 0.0267. The van der Waals surface area contributed by atoms with Crippen LogP contribution in [0.1, 0.15) is 22.0 Å². The number of carbonyl (C=O) groups excluding carboxylic acids is 3.